The highest BCUT2D eigenvalue weighted by Crippen LogP contribution is 2.17. The Bertz CT molecular complexity index is 202. The lowest BCUT2D eigenvalue weighted by atomic mass is 10.7. The zero-order valence-corrected chi connectivity index (χ0v) is 6.43. The lowest BCUT2D eigenvalue weighted by Crippen LogP contribution is -2.51. The van der Waals surface area contributed by atoms with Crippen molar-refractivity contribution in [2.75, 3.05) is 0 Å². The molecule has 0 amide bonds. The van der Waals surface area contributed by atoms with E-state index in [4.69, 9.17) is 22.3 Å². The van der Waals surface area contributed by atoms with Crippen LogP contribution in [0.25, 0.3) is 0 Å². The Morgan fingerprint density at radius 2 is 1.73 bits per heavy atom. The van der Waals surface area contributed by atoms with E-state index in [9.17, 15) is 0 Å². The van der Waals surface area contributed by atoms with Crippen LogP contribution in [-0.2, 0) is 0 Å². The molecule has 8 heteroatoms. The fourth-order valence-electron chi connectivity index (χ4n) is 0.610. The van der Waals surface area contributed by atoms with Crippen molar-refractivity contribution in [1.82, 2.24) is 5.32 Å². The van der Waals surface area contributed by atoms with Gasteiger partial charge in [-0.05, 0) is 11.9 Å². The number of nitrogens with one attached hydrogen (secondary N) is 1. The molecule has 1 heterocycles. The van der Waals surface area contributed by atoms with Gasteiger partial charge in [0.15, 0.2) is 11.9 Å². The molecule has 0 atom stereocenters. The van der Waals surface area contributed by atoms with E-state index >= 15 is 0 Å². The van der Waals surface area contributed by atoms with E-state index in [0.29, 0.717) is 0 Å². The topological polar surface area (TPSA) is 141 Å². The molecular weight excluding hydrogens is 166 g/mol. The maximum Gasteiger partial charge on any atom is 0.272 e. The van der Waals surface area contributed by atoms with E-state index in [1.807, 2.05) is 0 Å². The molecule has 7 nitrogen and oxygen atoms in total. The molecule has 0 radical (unpaired) electrons. The van der Waals surface area contributed by atoms with Gasteiger partial charge in [-0.15, -0.1) is 0 Å². The van der Waals surface area contributed by atoms with Gasteiger partial charge in [-0.2, -0.15) is 9.98 Å². The Labute approximate surface area is 67.4 Å². The molecule has 0 bridgehead atoms. The van der Waals surface area contributed by atoms with Crippen LogP contribution in [0.3, 0.4) is 0 Å². The molecule has 0 saturated heterocycles. The summed E-state index contributed by atoms with van der Waals surface area (Å²) in [5.74, 6) is 0.218. The van der Waals surface area contributed by atoms with Gasteiger partial charge in [0.05, 0.1) is 0 Å². The summed E-state index contributed by atoms with van der Waals surface area (Å²) in [6, 6.07) is 0. The van der Waals surface area contributed by atoms with Crippen LogP contribution in [-0.4, -0.2) is 17.0 Å². The summed E-state index contributed by atoms with van der Waals surface area (Å²) in [7, 11) is 0. The maximum atomic E-state index is 5.50. The predicted octanol–water partition coefficient (Wildman–Crippen LogP) is -2.60. The average molecular weight is 175 g/mol. The van der Waals surface area contributed by atoms with Crippen molar-refractivity contribution in [3.63, 3.8) is 0 Å². The molecule has 1 rings (SSSR count). The monoisotopic (exact) mass is 175 g/mol. The normalized spacial score (nSPS) is 21.6. The number of nitrogens with two attached hydrogens (primary N) is 4. The third-order valence-electron chi connectivity index (χ3n) is 0.991. The van der Waals surface area contributed by atoms with Crippen molar-refractivity contribution in [2.24, 2.45) is 32.3 Å². The maximum absolute atomic E-state index is 5.50. The quantitative estimate of drug-likeness (QED) is 0.218. The molecule has 62 valence electrons. The van der Waals surface area contributed by atoms with Crippen molar-refractivity contribution < 1.29 is 0 Å². The number of guanidine groups is 2. The van der Waals surface area contributed by atoms with Gasteiger partial charge in [-0.3, -0.25) is 16.2 Å². The molecule has 0 aromatic carbocycles. The van der Waals surface area contributed by atoms with Crippen molar-refractivity contribution in [3.05, 3.63) is 0 Å². The summed E-state index contributed by atoms with van der Waals surface area (Å²) in [5.41, 5.74) is 16.1. The van der Waals surface area contributed by atoms with Gasteiger partial charge in [-0.25, -0.2) is 0 Å². The minimum atomic E-state index is -1.28. The van der Waals surface area contributed by atoms with Gasteiger partial charge >= 0.3 is 0 Å². The zero-order valence-electron chi connectivity index (χ0n) is 5.61. The third kappa shape index (κ3) is 1.73. The number of rotatable bonds is 1. The van der Waals surface area contributed by atoms with Crippen LogP contribution in [0.1, 0.15) is 0 Å². The van der Waals surface area contributed by atoms with E-state index in [0.717, 1.165) is 11.9 Å². The highest BCUT2D eigenvalue weighted by atomic mass is 32.2. The minimum absolute atomic E-state index is 0.109. The predicted molar refractivity (Wildman–Crippen MR) is 45.1 cm³/mol. The smallest absolute Gasteiger partial charge is 0.272 e. The van der Waals surface area contributed by atoms with Crippen molar-refractivity contribution in [2.45, 2.75) is 5.12 Å². The summed E-state index contributed by atoms with van der Waals surface area (Å²) >= 11 is 0.758. The number of nitrogens with zero attached hydrogens (tertiary/aromatic N) is 2. The van der Waals surface area contributed by atoms with Crippen molar-refractivity contribution in [1.29, 1.82) is 0 Å². The summed E-state index contributed by atoms with van der Waals surface area (Å²) in [5, 5.41) is 6.40. The second kappa shape index (κ2) is 2.57. The molecule has 0 fully saturated rings. The van der Waals surface area contributed by atoms with Gasteiger partial charge < -0.3 is 11.5 Å². The van der Waals surface area contributed by atoms with Crippen LogP contribution in [0.15, 0.2) is 9.98 Å². The first-order chi connectivity index (χ1) is 5.06. The largest absolute Gasteiger partial charge is 0.369 e. The fourth-order valence-corrected chi connectivity index (χ4v) is 0.912. The second-order valence-corrected chi connectivity index (χ2v) is 2.73. The van der Waals surface area contributed by atoms with E-state index in [1.54, 1.807) is 0 Å². The van der Waals surface area contributed by atoms with E-state index in [1.165, 1.54) is 0 Å². The summed E-state index contributed by atoms with van der Waals surface area (Å²) in [6.45, 7) is 0. The van der Waals surface area contributed by atoms with Gasteiger partial charge in [0.25, 0.3) is 5.12 Å². The minimum Gasteiger partial charge on any atom is -0.369 e. The zero-order chi connectivity index (χ0) is 8.48. The number of hydrogen-bond acceptors (Lipinski definition) is 8. The van der Waals surface area contributed by atoms with Gasteiger partial charge in [0, 0.05) is 0 Å². The molecule has 11 heavy (non-hydrogen) atoms. The third-order valence-corrected chi connectivity index (χ3v) is 1.52. The van der Waals surface area contributed by atoms with E-state index in [-0.39, 0.29) is 11.9 Å². The Morgan fingerprint density at radius 3 is 2.09 bits per heavy atom. The first-order valence-electron chi connectivity index (χ1n) is 2.70. The molecule has 0 aliphatic carbocycles. The lowest BCUT2D eigenvalue weighted by Gasteiger charge is -2.22. The number of hydrogen-bond donors (Lipinski definition) is 5. The van der Waals surface area contributed by atoms with Gasteiger partial charge in [-0.1, -0.05) is 0 Å². The van der Waals surface area contributed by atoms with Crippen LogP contribution in [0.5, 0.6) is 0 Å². The molecule has 1 aliphatic rings. The van der Waals surface area contributed by atoms with Crippen molar-refractivity contribution in [3.8, 4) is 0 Å². The second-order valence-electron chi connectivity index (χ2n) is 1.90. The van der Waals surface area contributed by atoms with Crippen LogP contribution < -0.4 is 27.7 Å². The molecule has 0 unspecified atom stereocenters. The molecule has 1 aliphatic heterocycles. The first-order valence-corrected chi connectivity index (χ1v) is 3.58. The SMILES string of the molecule is NSC1(N)N=C(N)NC(N)=N1. The number of aliphatic imine (C=N–C) groups is 2. The highest BCUT2D eigenvalue weighted by Gasteiger charge is 2.26. The van der Waals surface area contributed by atoms with E-state index in [2.05, 4.69) is 15.3 Å². The molecule has 0 aromatic rings. The molecule has 0 saturated carbocycles. The lowest BCUT2D eigenvalue weighted by molar-refractivity contribution is 0.664. The van der Waals surface area contributed by atoms with Crippen LogP contribution in [0.2, 0.25) is 0 Å². The summed E-state index contributed by atoms with van der Waals surface area (Å²) < 4.78 is 0. The highest BCUT2D eigenvalue weighted by molar-refractivity contribution is 7.98. The van der Waals surface area contributed by atoms with Gasteiger partial charge in [0.1, 0.15) is 0 Å². The standard InChI is InChI=1S/C3H9N7S/c4-1-8-2(5)10-3(6,9-1)11-7/h6-7H2,(H5,4,5,8,9,10). The van der Waals surface area contributed by atoms with Crippen LogP contribution >= 0.6 is 11.9 Å². The fraction of sp³-hybridized carbons (Fsp3) is 0.333. The molecular formula is C3H9N7S. The Kier molecular flexibility index (Phi) is 1.89. The van der Waals surface area contributed by atoms with Crippen molar-refractivity contribution >= 4 is 23.9 Å². The summed E-state index contributed by atoms with van der Waals surface area (Å²) in [6.07, 6.45) is 0. The van der Waals surface area contributed by atoms with Gasteiger partial charge in [0.2, 0.25) is 0 Å². The molecule has 9 N–H and O–H groups in total. The molecule has 0 spiro atoms. The molecule has 0 aromatic heterocycles. The van der Waals surface area contributed by atoms with Crippen LogP contribution in [0.4, 0.5) is 0 Å². The average Bonchev–Trinajstić information content (AvgIpc) is 1.84. The Balaban J connectivity index is 2.89. The van der Waals surface area contributed by atoms with E-state index < -0.39 is 5.12 Å². The Morgan fingerprint density at radius 1 is 1.27 bits per heavy atom. The van der Waals surface area contributed by atoms with Crippen LogP contribution in [0, 0.1) is 0 Å². The first kappa shape index (κ1) is 8.11. The summed E-state index contributed by atoms with van der Waals surface area (Å²) in [4.78, 5) is 7.43. The Hall–Kier alpha value is -0.990.